The third kappa shape index (κ3) is 4.51. The van der Waals surface area contributed by atoms with Crippen molar-refractivity contribution in [1.29, 1.82) is 0 Å². The maximum atomic E-state index is 10.1. The quantitative estimate of drug-likeness (QED) is 0.610. The molecule has 0 aromatic heterocycles. The summed E-state index contributed by atoms with van der Waals surface area (Å²) in [6, 6.07) is 0. The summed E-state index contributed by atoms with van der Waals surface area (Å²) >= 11 is 0. The average molecular weight is 249 g/mol. The van der Waals surface area contributed by atoms with Gasteiger partial charge in [0.25, 0.3) is 0 Å². The molecule has 0 rings (SSSR count). The summed E-state index contributed by atoms with van der Waals surface area (Å²) in [4.78, 5) is 0. The van der Waals surface area contributed by atoms with Crippen LogP contribution >= 0.6 is 0 Å². The molecule has 0 heterocycles. The largest absolute Gasteiger partial charge is 0.394 e. The van der Waals surface area contributed by atoms with Crippen LogP contribution in [0.1, 0.15) is 33.6 Å². The van der Waals surface area contributed by atoms with Crippen molar-refractivity contribution in [3.63, 3.8) is 0 Å². The number of rotatable bonds is 9. The van der Waals surface area contributed by atoms with E-state index in [4.69, 9.17) is 14.6 Å². The first-order valence-electron chi connectivity index (χ1n) is 6.21. The summed E-state index contributed by atoms with van der Waals surface area (Å²) in [5.41, 5.74) is 5.67. The van der Waals surface area contributed by atoms with Gasteiger partial charge >= 0.3 is 8.56 Å². The minimum Gasteiger partial charge on any atom is -0.394 e. The zero-order chi connectivity index (χ0) is 12.6. The zero-order valence-corrected chi connectivity index (χ0v) is 12.0. The molecule has 0 fully saturated rings. The SMILES string of the molecule is CCO[Si](C)(OCC)C(CCN)C(O)CC. The number of nitrogens with two attached hydrogens (primary N) is 1. The molecule has 0 spiro atoms. The fraction of sp³-hybridized carbons (Fsp3) is 1.00. The summed E-state index contributed by atoms with van der Waals surface area (Å²) < 4.78 is 11.6. The van der Waals surface area contributed by atoms with Gasteiger partial charge in [0.05, 0.1) is 6.10 Å². The van der Waals surface area contributed by atoms with Gasteiger partial charge in [-0.3, -0.25) is 0 Å². The van der Waals surface area contributed by atoms with Crippen LogP contribution in [0.15, 0.2) is 0 Å². The summed E-state index contributed by atoms with van der Waals surface area (Å²) in [7, 11) is -2.31. The molecule has 0 aromatic rings. The highest BCUT2D eigenvalue weighted by atomic mass is 28.4. The van der Waals surface area contributed by atoms with E-state index >= 15 is 0 Å². The van der Waals surface area contributed by atoms with Crippen molar-refractivity contribution >= 4 is 8.56 Å². The number of hydrogen-bond donors (Lipinski definition) is 2. The third-order valence-corrected chi connectivity index (χ3v) is 6.64. The average Bonchev–Trinajstić information content (AvgIpc) is 2.25. The van der Waals surface area contributed by atoms with Crippen LogP contribution in [-0.2, 0) is 8.85 Å². The second-order valence-electron chi connectivity index (χ2n) is 4.04. The van der Waals surface area contributed by atoms with E-state index in [0.717, 1.165) is 6.42 Å². The monoisotopic (exact) mass is 249 g/mol. The van der Waals surface area contributed by atoms with Gasteiger partial charge < -0.3 is 19.7 Å². The van der Waals surface area contributed by atoms with Crippen molar-refractivity contribution in [1.82, 2.24) is 0 Å². The first-order valence-corrected chi connectivity index (χ1v) is 8.61. The second kappa shape index (κ2) is 8.19. The Kier molecular flexibility index (Phi) is 8.22. The Morgan fingerprint density at radius 1 is 1.19 bits per heavy atom. The predicted molar refractivity (Wildman–Crippen MR) is 68.6 cm³/mol. The van der Waals surface area contributed by atoms with Crippen molar-refractivity contribution in [3.05, 3.63) is 0 Å². The van der Waals surface area contributed by atoms with Gasteiger partial charge in [0, 0.05) is 18.8 Å². The lowest BCUT2D eigenvalue weighted by atomic mass is 10.1. The van der Waals surface area contributed by atoms with Crippen LogP contribution in [0.5, 0.6) is 0 Å². The number of aliphatic hydroxyl groups excluding tert-OH is 1. The Hall–Kier alpha value is 0.0569. The van der Waals surface area contributed by atoms with Crippen molar-refractivity contribution in [2.24, 2.45) is 5.73 Å². The molecule has 2 atom stereocenters. The molecule has 0 amide bonds. The van der Waals surface area contributed by atoms with Gasteiger partial charge in [0.15, 0.2) is 0 Å². The van der Waals surface area contributed by atoms with E-state index in [-0.39, 0.29) is 11.6 Å². The van der Waals surface area contributed by atoms with E-state index in [1.165, 1.54) is 0 Å². The van der Waals surface area contributed by atoms with Crippen LogP contribution in [0.3, 0.4) is 0 Å². The van der Waals surface area contributed by atoms with Gasteiger partial charge in [-0.05, 0) is 39.8 Å². The third-order valence-electron chi connectivity index (χ3n) is 2.90. The second-order valence-corrected chi connectivity index (χ2v) is 7.39. The normalized spacial score (nSPS) is 16.1. The lowest BCUT2D eigenvalue weighted by Gasteiger charge is -2.36. The van der Waals surface area contributed by atoms with Crippen LogP contribution in [-0.4, -0.2) is 39.5 Å². The van der Waals surface area contributed by atoms with E-state index in [1.807, 2.05) is 27.3 Å². The topological polar surface area (TPSA) is 64.7 Å². The van der Waals surface area contributed by atoms with Crippen molar-refractivity contribution in [3.8, 4) is 0 Å². The van der Waals surface area contributed by atoms with Gasteiger partial charge in [-0.1, -0.05) is 6.92 Å². The van der Waals surface area contributed by atoms with E-state index in [2.05, 4.69) is 0 Å². The molecule has 0 aromatic carbocycles. The maximum Gasteiger partial charge on any atom is 0.340 e. The highest BCUT2D eigenvalue weighted by Crippen LogP contribution is 2.32. The number of aliphatic hydroxyl groups is 1. The Balaban J connectivity index is 4.76. The molecule has 0 saturated heterocycles. The van der Waals surface area contributed by atoms with E-state index < -0.39 is 8.56 Å². The molecule has 5 heteroatoms. The van der Waals surface area contributed by atoms with Gasteiger partial charge in [-0.25, -0.2) is 0 Å². The van der Waals surface area contributed by atoms with Crippen molar-refractivity contribution in [2.45, 2.75) is 51.8 Å². The predicted octanol–water partition coefficient (Wildman–Crippen LogP) is 1.62. The first kappa shape index (κ1) is 16.1. The first-order chi connectivity index (χ1) is 7.55. The van der Waals surface area contributed by atoms with Crippen LogP contribution in [0.25, 0.3) is 0 Å². The van der Waals surface area contributed by atoms with Gasteiger partial charge in [-0.15, -0.1) is 0 Å². The molecule has 0 aliphatic carbocycles. The fourth-order valence-corrected chi connectivity index (χ4v) is 5.38. The number of hydrogen-bond acceptors (Lipinski definition) is 4. The maximum absolute atomic E-state index is 10.1. The molecular weight excluding hydrogens is 222 g/mol. The van der Waals surface area contributed by atoms with Gasteiger partial charge in [0.2, 0.25) is 0 Å². The smallest absolute Gasteiger partial charge is 0.340 e. The van der Waals surface area contributed by atoms with Gasteiger partial charge in [-0.2, -0.15) is 0 Å². The van der Waals surface area contributed by atoms with E-state index in [9.17, 15) is 5.11 Å². The molecule has 98 valence electrons. The standard InChI is InChI=1S/C11H27NO3Si/c1-5-10(13)11(8-9-12)16(4,14-6-2)15-7-3/h10-11,13H,5-9,12H2,1-4H3. The summed E-state index contributed by atoms with van der Waals surface area (Å²) in [6.07, 6.45) is 1.10. The Bertz CT molecular complexity index is 175. The Morgan fingerprint density at radius 3 is 2.00 bits per heavy atom. The van der Waals surface area contributed by atoms with Crippen LogP contribution in [0, 0.1) is 0 Å². The molecule has 0 radical (unpaired) electrons. The molecule has 0 saturated carbocycles. The lowest BCUT2D eigenvalue weighted by Crippen LogP contribution is -2.48. The van der Waals surface area contributed by atoms with E-state index in [1.54, 1.807) is 0 Å². The minimum atomic E-state index is -2.31. The highest BCUT2D eigenvalue weighted by molar-refractivity contribution is 6.67. The summed E-state index contributed by atoms with van der Waals surface area (Å²) in [5, 5.41) is 10.1. The van der Waals surface area contributed by atoms with E-state index in [0.29, 0.717) is 26.2 Å². The zero-order valence-electron chi connectivity index (χ0n) is 11.0. The highest BCUT2D eigenvalue weighted by Gasteiger charge is 2.43. The van der Waals surface area contributed by atoms with Crippen molar-refractivity contribution in [2.75, 3.05) is 19.8 Å². The Morgan fingerprint density at radius 2 is 1.69 bits per heavy atom. The molecule has 0 aliphatic rings. The molecule has 4 nitrogen and oxygen atoms in total. The summed E-state index contributed by atoms with van der Waals surface area (Å²) in [5.74, 6) is 0. The van der Waals surface area contributed by atoms with Crippen LogP contribution in [0.4, 0.5) is 0 Å². The van der Waals surface area contributed by atoms with Gasteiger partial charge in [0.1, 0.15) is 0 Å². The molecule has 3 N–H and O–H groups in total. The van der Waals surface area contributed by atoms with Crippen LogP contribution in [0.2, 0.25) is 12.1 Å². The lowest BCUT2D eigenvalue weighted by molar-refractivity contribution is 0.110. The Labute approximate surface area is 100 Å². The fourth-order valence-electron chi connectivity index (χ4n) is 2.10. The van der Waals surface area contributed by atoms with Crippen LogP contribution < -0.4 is 5.73 Å². The molecule has 0 bridgehead atoms. The summed E-state index contributed by atoms with van der Waals surface area (Å²) in [6.45, 7) is 9.73. The molecule has 2 unspecified atom stereocenters. The molecule has 16 heavy (non-hydrogen) atoms. The molecule has 0 aliphatic heterocycles. The van der Waals surface area contributed by atoms with Crippen molar-refractivity contribution < 1.29 is 14.0 Å². The molecular formula is C11H27NO3Si. The minimum absolute atomic E-state index is 0.0578.